The molecule has 1 saturated heterocycles. The largest absolute Gasteiger partial charge is 0.316 e. The minimum absolute atomic E-state index is 0.769. The highest BCUT2D eigenvalue weighted by Crippen LogP contribution is 2.31. The number of aromatic nitrogens is 3. The van der Waals surface area contributed by atoms with Gasteiger partial charge in [0.05, 0.1) is 10.2 Å². The van der Waals surface area contributed by atoms with E-state index in [1.54, 1.807) is 11.3 Å². The summed E-state index contributed by atoms with van der Waals surface area (Å²) in [6, 6.07) is 17.2. The second kappa shape index (κ2) is 9.57. The van der Waals surface area contributed by atoms with Crippen molar-refractivity contribution >= 4 is 32.5 Å². The van der Waals surface area contributed by atoms with Crippen molar-refractivity contribution in [3.8, 4) is 0 Å². The lowest BCUT2D eigenvalue weighted by atomic mass is 9.99. The van der Waals surface area contributed by atoms with Gasteiger partial charge in [-0.2, -0.15) is 0 Å². The van der Waals surface area contributed by atoms with Gasteiger partial charge in [0.25, 0.3) is 0 Å². The van der Waals surface area contributed by atoms with Crippen molar-refractivity contribution in [2.45, 2.75) is 46.6 Å². The predicted octanol–water partition coefficient (Wildman–Crippen LogP) is 6.27. The molecule has 1 aliphatic rings. The Kier molecular flexibility index (Phi) is 6.38. The van der Waals surface area contributed by atoms with E-state index in [9.17, 15) is 0 Å². The quantitative estimate of drug-likeness (QED) is 0.370. The monoisotopic (exact) mass is 457 g/mol. The molecule has 0 atom stereocenters. The summed E-state index contributed by atoms with van der Waals surface area (Å²) in [7, 11) is 0. The first-order valence-electron chi connectivity index (χ1n) is 11.8. The molecule has 0 amide bonds. The van der Waals surface area contributed by atoms with Crippen molar-refractivity contribution in [1.82, 2.24) is 19.9 Å². The molecule has 0 spiro atoms. The van der Waals surface area contributed by atoms with E-state index in [4.69, 9.17) is 9.97 Å². The summed E-state index contributed by atoms with van der Waals surface area (Å²) in [5.41, 5.74) is 5.77. The molecular formula is C27H31N5S. The van der Waals surface area contributed by atoms with Gasteiger partial charge in [0.15, 0.2) is 5.13 Å². The third kappa shape index (κ3) is 5.23. The highest BCUT2D eigenvalue weighted by Gasteiger charge is 2.17. The Labute approximate surface area is 199 Å². The molecule has 5 nitrogen and oxygen atoms in total. The normalized spacial score (nSPS) is 15.2. The Balaban J connectivity index is 1.38. The van der Waals surface area contributed by atoms with Crippen LogP contribution < -0.4 is 5.32 Å². The zero-order chi connectivity index (χ0) is 22.8. The lowest BCUT2D eigenvalue weighted by Gasteiger charge is -2.30. The third-order valence-electron chi connectivity index (χ3n) is 6.51. The van der Waals surface area contributed by atoms with E-state index in [-0.39, 0.29) is 0 Å². The Morgan fingerprint density at radius 3 is 2.55 bits per heavy atom. The van der Waals surface area contributed by atoms with Gasteiger partial charge < -0.3 is 5.32 Å². The molecule has 0 aliphatic carbocycles. The highest BCUT2D eigenvalue weighted by molar-refractivity contribution is 7.22. The maximum absolute atomic E-state index is 4.85. The van der Waals surface area contributed by atoms with Crippen LogP contribution in [0.2, 0.25) is 0 Å². The SMILES string of the molecule is Cc1nc(C)c(Cc2ccccc2)c(Nc2nc3ccc(CN4CCC(C)CC4)cc3s2)n1. The van der Waals surface area contributed by atoms with Crippen molar-refractivity contribution in [3.63, 3.8) is 0 Å². The smallest absolute Gasteiger partial charge is 0.189 e. The van der Waals surface area contributed by atoms with Gasteiger partial charge >= 0.3 is 0 Å². The first-order valence-corrected chi connectivity index (χ1v) is 12.6. The number of thiazole rings is 1. The van der Waals surface area contributed by atoms with Crippen LogP contribution >= 0.6 is 11.3 Å². The van der Waals surface area contributed by atoms with Gasteiger partial charge in [-0.25, -0.2) is 15.0 Å². The van der Waals surface area contributed by atoms with Crippen molar-refractivity contribution in [3.05, 3.63) is 76.7 Å². The van der Waals surface area contributed by atoms with Crippen LogP contribution in [0.15, 0.2) is 48.5 Å². The van der Waals surface area contributed by atoms with Gasteiger partial charge in [-0.15, -0.1) is 0 Å². The van der Waals surface area contributed by atoms with Crippen LogP contribution in [-0.4, -0.2) is 32.9 Å². The van der Waals surface area contributed by atoms with Crippen LogP contribution in [0.25, 0.3) is 10.2 Å². The van der Waals surface area contributed by atoms with Crippen LogP contribution in [0.4, 0.5) is 10.9 Å². The molecular weight excluding hydrogens is 426 g/mol. The lowest BCUT2D eigenvalue weighted by Crippen LogP contribution is -2.32. The fraction of sp³-hybridized carbons (Fsp3) is 0.370. The molecule has 170 valence electrons. The second-order valence-electron chi connectivity index (χ2n) is 9.25. The number of nitrogens with one attached hydrogen (secondary N) is 1. The van der Waals surface area contributed by atoms with E-state index in [0.29, 0.717) is 0 Å². The minimum atomic E-state index is 0.769. The fourth-order valence-electron chi connectivity index (χ4n) is 4.55. The van der Waals surface area contributed by atoms with Crippen LogP contribution in [0, 0.1) is 19.8 Å². The molecule has 2 aromatic carbocycles. The maximum Gasteiger partial charge on any atom is 0.189 e. The molecule has 1 fully saturated rings. The number of aryl methyl sites for hydroxylation is 2. The average Bonchev–Trinajstić information content (AvgIpc) is 3.20. The number of rotatable bonds is 6. The second-order valence-corrected chi connectivity index (χ2v) is 10.3. The Morgan fingerprint density at radius 1 is 0.970 bits per heavy atom. The standard InChI is InChI=1S/C27H31N5S/c1-18-11-13-32(14-12-18)17-22-9-10-24-25(16-22)33-27(30-24)31-26-23(19(2)28-20(3)29-26)15-21-7-5-4-6-8-21/h4-10,16,18H,11-15,17H2,1-3H3,(H,28,29,30,31). The van der Waals surface area contributed by atoms with Crippen molar-refractivity contribution in [1.29, 1.82) is 0 Å². The summed E-state index contributed by atoms with van der Waals surface area (Å²) in [5, 5.41) is 4.39. The predicted molar refractivity (Wildman–Crippen MR) is 137 cm³/mol. The van der Waals surface area contributed by atoms with Crippen molar-refractivity contribution in [2.24, 2.45) is 5.92 Å². The molecule has 3 heterocycles. The fourth-order valence-corrected chi connectivity index (χ4v) is 5.48. The van der Waals surface area contributed by atoms with E-state index in [2.05, 4.69) is 71.5 Å². The Bertz CT molecular complexity index is 1240. The number of fused-ring (bicyclic) bond motifs is 1. The first kappa shape index (κ1) is 22.0. The summed E-state index contributed by atoms with van der Waals surface area (Å²) >= 11 is 1.69. The van der Waals surface area contributed by atoms with Crippen molar-refractivity contribution < 1.29 is 0 Å². The molecule has 5 rings (SSSR count). The highest BCUT2D eigenvalue weighted by atomic mass is 32.1. The van der Waals surface area contributed by atoms with Gasteiger partial charge in [0.2, 0.25) is 0 Å². The number of hydrogen-bond acceptors (Lipinski definition) is 6. The van der Waals surface area contributed by atoms with Crippen LogP contribution in [-0.2, 0) is 13.0 Å². The molecule has 0 unspecified atom stereocenters. The molecule has 33 heavy (non-hydrogen) atoms. The Hall–Kier alpha value is -2.83. The van der Waals surface area contributed by atoms with E-state index >= 15 is 0 Å². The summed E-state index contributed by atoms with van der Waals surface area (Å²) in [5.74, 6) is 2.48. The third-order valence-corrected chi connectivity index (χ3v) is 7.44. The van der Waals surface area contributed by atoms with E-state index in [1.807, 2.05) is 13.0 Å². The number of likely N-dealkylation sites (tertiary alicyclic amines) is 1. The van der Waals surface area contributed by atoms with Crippen LogP contribution in [0.1, 0.15) is 48.0 Å². The first-order chi connectivity index (χ1) is 16.0. The van der Waals surface area contributed by atoms with Crippen LogP contribution in [0.5, 0.6) is 0 Å². The van der Waals surface area contributed by atoms with E-state index in [1.165, 1.54) is 41.8 Å². The number of hydrogen-bond donors (Lipinski definition) is 1. The lowest BCUT2D eigenvalue weighted by molar-refractivity contribution is 0.185. The maximum atomic E-state index is 4.85. The molecule has 0 bridgehead atoms. The number of anilines is 2. The van der Waals surface area contributed by atoms with Gasteiger partial charge in [-0.05, 0) is 69.0 Å². The minimum Gasteiger partial charge on any atom is -0.316 e. The Morgan fingerprint density at radius 2 is 1.76 bits per heavy atom. The van der Waals surface area contributed by atoms with Crippen LogP contribution in [0.3, 0.4) is 0 Å². The molecule has 4 aromatic rings. The van der Waals surface area contributed by atoms with Gasteiger partial charge in [0.1, 0.15) is 11.6 Å². The molecule has 1 N–H and O–H groups in total. The zero-order valence-corrected chi connectivity index (χ0v) is 20.5. The molecule has 0 saturated carbocycles. The number of benzene rings is 2. The van der Waals surface area contributed by atoms with E-state index in [0.717, 1.165) is 52.4 Å². The molecule has 6 heteroatoms. The zero-order valence-electron chi connectivity index (χ0n) is 19.6. The summed E-state index contributed by atoms with van der Waals surface area (Å²) in [6.07, 6.45) is 3.40. The van der Waals surface area contributed by atoms with Crippen molar-refractivity contribution in [2.75, 3.05) is 18.4 Å². The molecule has 2 aromatic heterocycles. The topological polar surface area (TPSA) is 53.9 Å². The summed E-state index contributed by atoms with van der Waals surface area (Å²) in [6.45, 7) is 9.78. The average molecular weight is 458 g/mol. The van der Waals surface area contributed by atoms with Gasteiger partial charge in [-0.1, -0.05) is 54.7 Å². The summed E-state index contributed by atoms with van der Waals surface area (Å²) in [4.78, 5) is 16.8. The number of piperidine rings is 1. The number of nitrogens with zero attached hydrogens (tertiary/aromatic N) is 4. The summed E-state index contributed by atoms with van der Waals surface area (Å²) < 4.78 is 1.22. The van der Waals surface area contributed by atoms with Gasteiger partial charge in [-0.3, -0.25) is 4.90 Å². The van der Waals surface area contributed by atoms with E-state index < -0.39 is 0 Å². The van der Waals surface area contributed by atoms with Gasteiger partial charge in [0, 0.05) is 24.2 Å². The molecule has 0 radical (unpaired) electrons. The molecule has 1 aliphatic heterocycles.